The van der Waals surface area contributed by atoms with Gasteiger partial charge in [-0.3, -0.25) is 0 Å². The average Bonchev–Trinajstić information content (AvgIpc) is 1.89. The van der Waals surface area contributed by atoms with Crippen LogP contribution in [0.4, 0.5) is 0 Å². The third-order valence-electron chi connectivity index (χ3n) is 0.916. The van der Waals surface area contributed by atoms with E-state index in [2.05, 4.69) is 12.1 Å². The topological polar surface area (TPSA) is 41.8 Å². The molecule has 0 bridgehead atoms. The fourth-order valence-corrected chi connectivity index (χ4v) is 0.416. The van der Waals surface area contributed by atoms with Crippen LogP contribution in [0.3, 0.4) is 0 Å². The second kappa shape index (κ2) is 7.43. The number of unbranched alkanes of at least 4 members (excludes halogenated alkanes) is 1. The summed E-state index contributed by atoms with van der Waals surface area (Å²) in [7, 11) is 0. The quantitative estimate of drug-likeness (QED) is 0.264. The summed E-state index contributed by atoms with van der Waals surface area (Å²) in [5, 5.41) is 10.7. The lowest BCUT2D eigenvalue weighted by atomic mass is 10.4. The number of rotatable bonds is 5. The number of nitrogens with zero attached hydrogens (tertiary/aromatic N) is 1. The van der Waals surface area contributed by atoms with E-state index in [1.807, 2.05) is 0 Å². The SMILES string of the molecule is CCCCOCC=NO. The standard InChI is InChI=1S/C6H13NO2/c1-2-3-5-9-6-4-7-8/h4,8H,2-3,5-6H2,1H3. The van der Waals surface area contributed by atoms with Crippen LogP contribution in [0.15, 0.2) is 5.16 Å². The molecular weight excluding hydrogens is 118 g/mol. The van der Waals surface area contributed by atoms with Gasteiger partial charge < -0.3 is 9.94 Å². The smallest absolute Gasteiger partial charge is 0.0851 e. The number of ether oxygens (including phenoxy) is 1. The minimum Gasteiger partial charge on any atom is -0.411 e. The van der Waals surface area contributed by atoms with Gasteiger partial charge in [0.1, 0.15) is 0 Å². The molecule has 0 radical (unpaired) electrons. The summed E-state index contributed by atoms with van der Waals surface area (Å²) < 4.78 is 5.01. The van der Waals surface area contributed by atoms with Gasteiger partial charge in [-0.1, -0.05) is 18.5 Å². The number of hydrogen-bond acceptors (Lipinski definition) is 3. The maximum absolute atomic E-state index is 7.91. The number of oxime groups is 1. The molecule has 0 heterocycles. The Bertz CT molecular complexity index is 73.5. The van der Waals surface area contributed by atoms with Crippen molar-refractivity contribution >= 4 is 6.21 Å². The summed E-state index contributed by atoms with van der Waals surface area (Å²) in [6.45, 7) is 3.27. The summed E-state index contributed by atoms with van der Waals surface area (Å²) in [6, 6.07) is 0. The zero-order chi connectivity index (χ0) is 6.95. The van der Waals surface area contributed by atoms with Crippen molar-refractivity contribution < 1.29 is 9.94 Å². The van der Waals surface area contributed by atoms with Crippen LogP contribution in [0.5, 0.6) is 0 Å². The third-order valence-corrected chi connectivity index (χ3v) is 0.916. The van der Waals surface area contributed by atoms with E-state index in [0.29, 0.717) is 6.61 Å². The average molecular weight is 131 g/mol. The van der Waals surface area contributed by atoms with Crippen molar-refractivity contribution in [2.45, 2.75) is 19.8 Å². The minimum absolute atomic E-state index is 0.413. The second-order valence-electron chi connectivity index (χ2n) is 1.73. The molecule has 0 aromatic carbocycles. The molecule has 0 aliphatic heterocycles. The fraction of sp³-hybridized carbons (Fsp3) is 0.833. The molecule has 0 aromatic heterocycles. The Morgan fingerprint density at radius 3 is 3.00 bits per heavy atom. The van der Waals surface area contributed by atoms with Gasteiger partial charge in [0.05, 0.1) is 12.8 Å². The van der Waals surface area contributed by atoms with E-state index < -0.39 is 0 Å². The zero-order valence-corrected chi connectivity index (χ0v) is 5.71. The van der Waals surface area contributed by atoms with Crippen molar-refractivity contribution in [2.24, 2.45) is 5.16 Å². The Morgan fingerprint density at radius 1 is 1.67 bits per heavy atom. The normalized spacial score (nSPS) is 10.8. The van der Waals surface area contributed by atoms with Crippen LogP contribution in [0.1, 0.15) is 19.8 Å². The van der Waals surface area contributed by atoms with Gasteiger partial charge in [0, 0.05) is 6.61 Å². The molecule has 0 amide bonds. The molecule has 0 unspecified atom stereocenters. The van der Waals surface area contributed by atoms with E-state index >= 15 is 0 Å². The second-order valence-corrected chi connectivity index (χ2v) is 1.73. The van der Waals surface area contributed by atoms with E-state index in [-0.39, 0.29) is 0 Å². The molecule has 3 nitrogen and oxygen atoms in total. The summed E-state index contributed by atoms with van der Waals surface area (Å²) in [5.41, 5.74) is 0. The van der Waals surface area contributed by atoms with E-state index in [9.17, 15) is 0 Å². The summed E-state index contributed by atoms with van der Waals surface area (Å²) in [6.07, 6.45) is 3.53. The first-order valence-electron chi connectivity index (χ1n) is 3.15. The summed E-state index contributed by atoms with van der Waals surface area (Å²) >= 11 is 0. The zero-order valence-electron chi connectivity index (χ0n) is 5.71. The highest BCUT2D eigenvalue weighted by Gasteiger charge is 1.81. The molecule has 9 heavy (non-hydrogen) atoms. The van der Waals surface area contributed by atoms with Crippen LogP contribution in [0.25, 0.3) is 0 Å². The van der Waals surface area contributed by atoms with Gasteiger partial charge in [-0.15, -0.1) is 0 Å². The van der Waals surface area contributed by atoms with E-state index in [0.717, 1.165) is 19.4 Å². The Morgan fingerprint density at radius 2 is 2.44 bits per heavy atom. The van der Waals surface area contributed by atoms with Crippen molar-refractivity contribution in [1.29, 1.82) is 0 Å². The van der Waals surface area contributed by atoms with Gasteiger partial charge in [0.15, 0.2) is 0 Å². The predicted octanol–water partition coefficient (Wildman–Crippen LogP) is 1.26. The van der Waals surface area contributed by atoms with Crippen LogP contribution in [0.2, 0.25) is 0 Å². The maximum Gasteiger partial charge on any atom is 0.0851 e. The van der Waals surface area contributed by atoms with Crippen LogP contribution in [0, 0.1) is 0 Å². The molecule has 0 rings (SSSR count). The molecule has 3 heteroatoms. The highest BCUT2D eigenvalue weighted by molar-refractivity contribution is 5.57. The van der Waals surface area contributed by atoms with Crippen LogP contribution >= 0.6 is 0 Å². The van der Waals surface area contributed by atoms with Crippen molar-refractivity contribution in [2.75, 3.05) is 13.2 Å². The lowest BCUT2D eigenvalue weighted by Crippen LogP contribution is -1.96. The lowest BCUT2D eigenvalue weighted by molar-refractivity contribution is 0.168. The van der Waals surface area contributed by atoms with Crippen molar-refractivity contribution in [3.8, 4) is 0 Å². The fourth-order valence-electron chi connectivity index (χ4n) is 0.416. The van der Waals surface area contributed by atoms with Crippen molar-refractivity contribution in [3.63, 3.8) is 0 Å². The van der Waals surface area contributed by atoms with Crippen LogP contribution in [-0.4, -0.2) is 24.6 Å². The molecule has 0 saturated heterocycles. The molecule has 0 saturated carbocycles. The highest BCUT2D eigenvalue weighted by atomic mass is 16.5. The Hall–Kier alpha value is -0.570. The van der Waals surface area contributed by atoms with E-state index in [1.165, 1.54) is 6.21 Å². The molecule has 0 fully saturated rings. The third kappa shape index (κ3) is 7.43. The Labute approximate surface area is 55.3 Å². The maximum atomic E-state index is 7.91. The monoisotopic (exact) mass is 131 g/mol. The molecule has 0 aliphatic carbocycles. The van der Waals surface area contributed by atoms with Gasteiger partial charge in [-0.25, -0.2) is 0 Å². The first kappa shape index (κ1) is 8.43. The van der Waals surface area contributed by atoms with Crippen LogP contribution in [-0.2, 0) is 4.74 Å². The Kier molecular flexibility index (Phi) is 6.96. The van der Waals surface area contributed by atoms with E-state index in [4.69, 9.17) is 9.94 Å². The first-order chi connectivity index (χ1) is 4.41. The molecule has 0 atom stereocenters. The predicted molar refractivity (Wildman–Crippen MR) is 36.0 cm³/mol. The van der Waals surface area contributed by atoms with Crippen LogP contribution < -0.4 is 0 Å². The lowest BCUT2D eigenvalue weighted by Gasteiger charge is -1.95. The van der Waals surface area contributed by atoms with Gasteiger partial charge in [-0.2, -0.15) is 0 Å². The van der Waals surface area contributed by atoms with Gasteiger partial charge >= 0.3 is 0 Å². The molecule has 0 aromatic rings. The first-order valence-corrected chi connectivity index (χ1v) is 3.15. The van der Waals surface area contributed by atoms with Gasteiger partial charge in [0.25, 0.3) is 0 Å². The molecular formula is C6H13NO2. The molecule has 1 N–H and O–H groups in total. The molecule has 0 spiro atoms. The summed E-state index contributed by atoms with van der Waals surface area (Å²) in [4.78, 5) is 0. The van der Waals surface area contributed by atoms with Gasteiger partial charge in [0.2, 0.25) is 0 Å². The van der Waals surface area contributed by atoms with Gasteiger partial charge in [-0.05, 0) is 6.42 Å². The molecule has 0 aliphatic rings. The Balaban J connectivity index is 2.75. The van der Waals surface area contributed by atoms with Crippen molar-refractivity contribution in [3.05, 3.63) is 0 Å². The van der Waals surface area contributed by atoms with E-state index in [1.54, 1.807) is 0 Å². The van der Waals surface area contributed by atoms with Crippen molar-refractivity contribution in [1.82, 2.24) is 0 Å². The minimum atomic E-state index is 0.413. The highest BCUT2D eigenvalue weighted by Crippen LogP contribution is 1.85. The summed E-state index contributed by atoms with van der Waals surface area (Å²) in [5.74, 6) is 0. The number of hydrogen-bond donors (Lipinski definition) is 1. The largest absolute Gasteiger partial charge is 0.411 e. The molecule has 54 valence electrons.